The van der Waals surface area contributed by atoms with Gasteiger partial charge in [-0.1, -0.05) is 24.3 Å². The van der Waals surface area contributed by atoms with E-state index in [-0.39, 0.29) is 11.9 Å². The Morgan fingerprint density at radius 2 is 2.03 bits per heavy atom. The molecule has 5 aromatic rings. The summed E-state index contributed by atoms with van der Waals surface area (Å²) in [6, 6.07) is 16.1. The Morgan fingerprint density at radius 1 is 1.19 bits per heavy atom. The number of piperidine rings is 1. The third-order valence-electron chi connectivity index (χ3n) is 6.73. The number of ether oxygens (including phenoxy) is 1. The van der Waals surface area contributed by atoms with E-state index < -0.39 is 0 Å². The van der Waals surface area contributed by atoms with E-state index in [2.05, 4.69) is 38.8 Å². The first-order chi connectivity index (χ1) is 18.1. The van der Waals surface area contributed by atoms with Crippen LogP contribution in [0.4, 0.5) is 11.5 Å². The van der Waals surface area contributed by atoms with Crippen LogP contribution in [0.1, 0.15) is 23.8 Å². The van der Waals surface area contributed by atoms with E-state index in [4.69, 9.17) is 15.6 Å². The molecule has 0 radical (unpaired) electrons. The van der Waals surface area contributed by atoms with E-state index >= 15 is 0 Å². The Hall–Kier alpha value is -4.02. The Bertz CT molecular complexity index is 1570. The lowest BCUT2D eigenvalue weighted by molar-refractivity contribution is -0.115. The largest absolute Gasteiger partial charge is 0.495 e. The molecule has 3 aromatic heterocycles. The number of amides is 1. The van der Waals surface area contributed by atoms with Crippen molar-refractivity contribution in [1.29, 1.82) is 0 Å². The van der Waals surface area contributed by atoms with Gasteiger partial charge in [0.15, 0.2) is 5.65 Å². The average molecular weight is 514 g/mol. The fraction of sp³-hybridized carbons (Fsp3) is 0.259. The lowest BCUT2D eigenvalue weighted by Crippen LogP contribution is -2.30. The van der Waals surface area contributed by atoms with E-state index in [1.165, 1.54) is 11.0 Å². The van der Waals surface area contributed by atoms with Crippen LogP contribution in [0, 0.1) is 0 Å². The molecule has 0 spiro atoms. The van der Waals surface area contributed by atoms with Crippen LogP contribution in [0.5, 0.6) is 5.75 Å². The van der Waals surface area contributed by atoms with Crippen molar-refractivity contribution in [2.45, 2.75) is 25.3 Å². The molecule has 6 rings (SSSR count). The third-order valence-corrected chi connectivity index (χ3v) is 7.85. The number of rotatable bonds is 6. The van der Waals surface area contributed by atoms with Gasteiger partial charge >= 0.3 is 0 Å². The molecule has 1 saturated heterocycles. The second-order valence-corrected chi connectivity index (χ2v) is 10.3. The van der Waals surface area contributed by atoms with Crippen molar-refractivity contribution in [3.63, 3.8) is 0 Å². The van der Waals surface area contributed by atoms with Gasteiger partial charge in [0, 0.05) is 15.1 Å². The van der Waals surface area contributed by atoms with Crippen LogP contribution in [0.2, 0.25) is 0 Å². The van der Waals surface area contributed by atoms with Crippen molar-refractivity contribution in [1.82, 2.24) is 25.1 Å². The van der Waals surface area contributed by atoms with Crippen molar-refractivity contribution in [2.24, 2.45) is 0 Å². The quantitative estimate of drug-likeness (QED) is 0.308. The summed E-state index contributed by atoms with van der Waals surface area (Å²) in [6.07, 6.45) is 3.71. The molecule has 1 aliphatic heterocycles. The van der Waals surface area contributed by atoms with E-state index in [1.807, 2.05) is 35.0 Å². The van der Waals surface area contributed by atoms with Crippen molar-refractivity contribution < 1.29 is 9.53 Å². The number of nitrogen functional groups attached to an aromatic ring is 1. The Kier molecular flexibility index (Phi) is 6.19. The van der Waals surface area contributed by atoms with Crippen LogP contribution in [0.15, 0.2) is 54.9 Å². The number of aromatic nitrogens is 4. The number of nitrogens with two attached hydrogens (primary N) is 1. The highest BCUT2D eigenvalue weighted by Gasteiger charge is 2.24. The van der Waals surface area contributed by atoms with Crippen LogP contribution in [-0.4, -0.2) is 45.9 Å². The van der Waals surface area contributed by atoms with E-state index in [1.54, 1.807) is 18.4 Å². The number of hydrogen-bond acceptors (Lipinski definition) is 8. The average Bonchev–Trinajstić information content (AvgIpc) is 3.51. The molecular formula is C27H27N7O2S. The SMILES string of the molecule is COc1cc(-c2nn(C3CCNCC3)c3ncnc(N)c23)ccc1NC(=O)Cc1cc2ccccc2s1. The van der Waals surface area contributed by atoms with Crippen LogP contribution < -0.4 is 21.1 Å². The van der Waals surface area contributed by atoms with Crippen LogP contribution >= 0.6 is 11.3 Å². The first kappa shape index (κ1) is 23.4. The fourth-order valence-electron chi connectivity index (χ4n) is 4.92. The van der Waals surface area contributed by atoms with Crippen LogP contribution in [0.3, 0.4) is 0 Å². The molecular weight excluding hydrogens is 486 g/mol. The number of methoxy groups -OCH3 is 1. The molecule has 2 aromatic carbocycles. The molecule has 0 atom stereocenters. The Balaban J connectivity index is 1.30. The second kappa shape index (κ2) is 9.79. The summed E-state index contributed by atoms with van der Waals surface area (Å²) in [5, 5.41) is 13.2. The number of hydrogen-bond donors (Lipinski definition) is 3. The van der Waals surface area contributed by atoms with E-state index in [9.17, 15) is 4.79 Å². The molecule has 4 N–H and O–H groups in total. The van der Waals surface area contributed by atoms with Gasteiger partial charge in [-0.15, -0.1) is 11.3 Å². The number of benzene rings is 2. The molecule has 1 amide bonds. The Morgan fingerprint density at radius 3 is 2.84 bits per heavy atom. The Labute approximate surface area is 217 Å². The highest BCUT2D eigenvalue weighted by molar-refractivity contribution is 7.19. The minimum atomic E-state index is -0.101. The van der Waals surface area contributed by atoms with Crippen LogP contribution in [0.25, 0.3) is 32.4 Å². The number of carbonyl (C=O) groups is 1. The summed E-state index contributed by atoms with van der Waals surface area (Å²) < 4.78 is 8.81. The number of anilines is 2. The zero-order valence-corrected chi connectivity index (χ0v) is 21.2. The van der Waals surface area contributed by atoms with Gasteiger partial charge in [-0.3, -0.25) is 4.79 Å². The summed E-state index contributed by atoms with van der Waals surface area (Å²) >= 11 is 1.63. The lowest BCUT2D eigenvalue weighted by atomic mass is 10.1. The van der Waals surface area contributed by atoms with E-state index in [0.29, 0.717) is 29.4 Å². The van der Waals surface area contributed by atoms with Crippen molar-refractivity contribution >= 4 is 49.9 Å². The van der Waals surface area contributed by atoms with Gasteiger partial charge in [0.25, 0.3) is 0 Å². The zero-order chi connectivity index (χ0) is 25.4. The molecule has 4 heterocycles. The summed E-state index contributed by atoms with van der Waals surface area (Å²) in [5.74, 6) is 0.831. The van der Waals surface area contributed by atoms with Gasteiger partial charge in [0.2, 0.25) is 5.91 Å². The standard InChI is InChI=1S/C27H27N7O2S/c1-36-21-13-17(6-7-20(21)32-23(35)14-19-12-16-4-2-3-5-22(16)37-19)25-24-26(28)30-15-31-27(24)34(33-25)18-8-10-29-11-9-18/h2-7,12-13,15,18,29H,8-11,14H2,1H3,(H,32,35)(H2,28,30,31). The van der Waals surface area contributed by atoms with Gasteiger partial charge < -0.3 is 21.1 Å². The first-order valence-electron chi connectivity index (χ1n) is 12.3. The normalized spacial score (nSPS) is 14.3. The van der Waals surface area contributed by atoms with Gasteiger partial charge in [0.1, 0.15) is 23.6 Å². The van der Waals surface area contributed by atoms with Gasteiger partial charge in [-0.25, -0.2) is 14.6 Å². The zero-order valence-electron chi connectivity index (χ0n) is 20.4. The van der Waals surface area contributed by atoms with Gasteiger partial charge in [-0.2, -0.15) is 5.10 Å². The molecule has 1 aliphatic rings. The minimum absolute atomic E-state index is 0.101. The summed E-state index contributed by atoms with van der Waals surface area (Å²) in [4.78, 5) is 22.6. The predicted octanol–water partition coefficient (Wildman–Crippen LogP) is 4.40. The highest BCUT2D eigenvalue weighted by Crippen LogP contribution is 2.37. The molecule has 37 heavy (non-hydrogen) atoms. The number of nitrogens with zero attached hydrogens (tertiary/aromatic N) is 4. The van der Waals surface area contributed by atoms with Crippen molar-refractivity contribution in [3.05, 3.63) is 59.7 Å². The highest BCUT2D eigenvalue weighted by atomic mass is 32.1. The predicted molar refractivity (Wildman–Crippen MR) is 147 cm³/mol. The van der Waals surface area contributed by atoms with Crippen molar-refractivity contribution in [3.8, 4) is 17.0 Å². The summed E-state index contributed by atoms with van der Waals surface area (Å²) in [7, 11) is 1.59. The smallest absolute Gasteiger partial charge is 0.229 e. The maximum Gasteiger partial charge on any atom is 0.229 e. The molecule has 10 heteroatoms. The molecule has 0 unspecified atom stereocenters. The molecule has 0 bridgehead atoms. The number of nitrogens with one attached hydrogen (secondary N) is 2. The summed E-state index contributed by atoms with van der Waals surface area (Å²) in [6.45, 7) is 1.87. The number of carbonyl (C=O) groups excluding carboxylic acids is 1. The number of thiophene rings is 1. The lowest BCUT2D eigenvalue weighted by Gasteiger charge is -2.23. The second-order valence-electron chi connectivity index (χ2n) is 9.12. The van der Waals surface area contributed by atoms with Crippen molar-refractivity contribution in [2.75, 3.05) is 31.2 Å². The first-order valence-corrected chi connectivity index (χ1v) is 13.1. The molecule has 1 fully saturated rings. The third kappa shape index (κ3) is 4.49. The topological polar surface area (TPSA) is 120 Å². The van der Waals surface area contributed by atoms with Gasteiger partial charge in [0.05, 0.1) is 30.6 Å². The van der Waals surface area contributed by atoms with E-state index in [0.717, 1.165) is 52.8 Å². The maximum atomic E-state index is 12.9. The maximum absolute atomic E-state index is 12.9. The fourth-order valence-corrected chi connectivity index (χ4v) is 5.98. The molecule has 9 nitrogen and oxygen atoms in total. The van der Waals surface area contributed by atoms with Gasteiger partial charge in [-0.05, 0) is 55.6 Å². The molecule has 0 saturated carbocycles. The summed E-state index contributed by atoms with van der Waals surface area (Å²) in [5.41, 5.74) is 9.15. The monoisotopic (exact) mass is 513 g/mol. The van der Waals surface area contributed by atoms with Crippen LogP contribution in [-0.2, 0) is 11.2 Å². The molecule has 188 valence electrons. The minimum Gasteiger partial charge on any atom is -0.495 e. The molecule has 0 aliphatic carbocycles. The number of fused-ring (bicyclic) bond motifs is 2.